The molecule has 0 aliphatic carbocycles. The van der Waals surface area contributed by atoms with Gasteiger partial charge in [0.05, 0.1) is 6.17 Å². The van der Waals surface area contributed by atoms with E-state index in [1.165, 1.54) is 0 Å². The Labute approximate surface area is 56.7 Å². The third kappa shape index (κ3) is 5.24. The van der Waals surface area contributed by atoms with Crippen molar-refractivity contribution in [2.45, 2.75) is 20.0 Å². The molecule has 0 saturated heterocycles. The third-order valence-electron chi connectivity index (χ3n) is 0.936. The fraction of sp³-hybridized carbons (Fsp3) is 0.571. The lowest BCUT2D eigenvalue weighted by Gasteiger charge is -2.00. The molecule has 0 aromatic rings. The van der Waals surface area contributed by atoms with E-state index in [1.807, 2.05) is 20.9 Å². The van der Waals surface area contributed by atoms with Crippen LogP contribution in [0.2, 0.25) is 0 Å². The van der Waals surface area contributed by atoms with Crippen LogP contribution >= 0.6 is 0 Å². The van der Waals surface area contributed by atoms with Gasteiger partial charge >= 0.3 is 0 Å². The molecule has 1 N–H and O–H groups in total. The fourth-order valence-electron chi connectivity index (χ4n) is 0.314. The highest BCUT2D eigenvalue weighted by Crippen LogP contribution is 1.84. The van der Waals surface area contributed by atoms with E-state index in [-0.39, 0.29) is 6.17 Å². The maximum Gasteiger partial charge on any atom is 0.0963 e. The molecule has 0 bridgehead atoms. The largest absolute Gasteiger partial charge is 0.299 e. The zero-order valence-electron chi connectivity index (χ0n) is 6.31. The molecule has 0 amide bonds. The maximum atomic E-state index is 4.11. The Morgan fingerprint density at radius 1 is 1.78 bits per heavy atom. The number of aliphatic imine (C=N–C) groups is 1. The van der Waals surface area contributed by atoms with Gasteiger partial charge in [-0.25, -0.2) is 0 Å². The average Bonchev–Trinajstić information content (AvgIpc) is 1.83. The van der Waals surface area contributed by atoms with Crippen LogP contribution in [0.1, 0.15) is 13.8 Å². The molecule has 52 valence electrons. The molecule has 0 aliphatic heterocycles. The summed E-state index contributed by atoms with van der Waals surface area (Å²) >= 11 is 0. The van der Waals surface area contributed by atoms with Crippen LogP contribution in [0.25, 0.3) is 0 Å². The van der Waals surface area contributed by atoms with Crippen molar-refractivity contribution in [3.63, 3.8) is 0 Å². The molecule has 9 heavy (non-hydrogen) atoms. The molecule has 0 aromatic carbocycles. The standard InChI is InChI=1S/C7H14N2/c1-6(2)5-9-7(3)8-4/h5,7-8H,1H2,2-4H3. The molecule has 0 aliphatic rings. The van der Waals surface area contributed by atoms with Crippen LogP contribution in [0, 0.1) is 0 Å². The lowest BCUT2D eigenvalue weighted by Crippen LogP contribution is -2.18. The summed E-state index contributed by atoms with van der Waals surface area (Å²) in [6.07, 6.45) is 1.96. The molecular weight excluding hydrogens is 112 g/mol. The van der Waals surface area contributed by atoms with Crippen LogP contribution in [-0.4, -0.2) is 19.4 Å². The molecule has 0 spiro atoms. The van der Waals surface area contributed by atoms with Crippen molar-refractivity contribution >= 4 is 6.21 Å². The summed E-state index contributed by atoms with van der Waals surface area (Å²) in [7, 11) is 1.88. The first kappa shape index (κ1) is 8.37. The Morgan fingerprint density at radius 3 is 2.67 bits per heavy atom. The molecule has 2 heteroatoms. The van der Waals surface area contributed by atoms with Crippen molar-refractivity contribution in [1.82, 2.24) is 5.32 Å². The van der Waals surface area contributed by atoms with Crippen LogP contribution < -0.4 is 5.32 Å². The Morgan fingerprint density at radius 2 is 2.33 bits per heavy atom. The summed E-state index contributed by atoms with van der Waals surface area (Å²) in [6.45, 7) is 7.59. The quantitative estimate of drug-likeness (QED) is 0.564. The zero-order valence-corrected chi connectivity index (χ0v) is 6.31. The predicted octanol–water partition coefficient (Wildman–Crippen LogP) is 1.20. The van der Waals surface area contributed by atoms with Crippen LogP contribution in [0.4, 0.5) is 0 Å². The minimum Gasteiger partial charge on any atom is -0.299 e. The van der Waals surface area contributed by atoms with Crippen molar-refractivity contribution < 1.29 is 0 Å². The average molecular weight is 126 g/mol. The predicted molar refractivity (Wildman–Crippen MR) is 41.8 cm³/mol. The van der Waals surface area contributed by atoms with Crippen molar-refractivity contribution in [2.24, 2.45) is 4.99 Å². The molecule has 0 heterocycles. The zero-order chi connectivity index (χ0) is 7.28. The van der Waals surface area contributed by atoms with Crippen molar-refractivity contribution in [3.05, 3.63) is 12.2 Å². The van der Waals surface area contributed by atoms with Gasteiger partial charge in [-0.2, -0.15) is 0 Å². The molecule has 0 rings (SSSR count). The normalized spacial score (nSPS) is 14.1. The highest BCUT2D eigenvalue weighted by Gasteiger charge is 1.87. The van der Waals surface area contributed by atoms with Gasteiger partial charge in [-0.3, -0.25) is 10.3 Å². The molecule has 0 radical (unpaired) electrons. The summed E-state index contributed by atoms with van der Waals surface area (Å²) in [5.74, 6) is 0. The SMILES string of the molecule is C=C(C)C=NC(C)NC. The van der Waals surface area contributed by atoms with Crippen LogP contribution in [0.3, 0.4) is 0 Å². The van der Waals surface area contributed by atoms with E-state index in [2.05, 4.69) is 16.9 Å². The van der Waals surface area contributed by atoms with Gasteiger partial charge in [0.1, 0.15) is 0 Å². The summed E-state index contributed by atoms with van der Waals surface area (Å²) in [5.41, 5.74) is 0.983. The van der Waals surface area contributed by atoms with E-state index in [4.69, 9.17) is 0 Å². The van der Waals surface area contributed by atoms with Gasteiger partial charge in [0.15, 0.2) is 0 Å². The second-order valence-electron chi connectivity index (χ2n) is 2.09. The van der Waals surface area contributed by atoms with Crippen molar-refractivity contribution in [3.8, 4) is 0 Å². The van der Waals surface area contributed by atoms with Gasteiger partial charge in [0, 0.05) is 6.21 Å². The van der Waals surface area contributed by atoms with Gasteiger partial charge in [0.2, 0.25) is 0 Å². The van der Waals surface area contributed by atoms with Crippen molar-refractivity contribution in [1.29, 1.82) is 0 Å². The monoisotopic (exact) mass is 126 g/mol. The highest BCUT2D eigenvalue weighted by molar-refractivity contribution is 5.76. The van der Waals surface area contributed by atoms with E-state index < -0.39 is 0 Å². The first-order valence-corrected chi connectivity index (χ1v) is 3.02. The molecule has 0 fully saturated rings. The Balaban J connectivity index is 3.56. The fourth-order valence-corrected chi connectivity index (χ4v) is 0.314. The molecule has 0 saturated carbocycles. The number of hydrogen-bond acceptors (Lipinski definition) is 2. The molecule has 0 aromatic heterocycles. The van der Waals surface area contributed by atoms with E-state index in [9.17, 15) is 0 Å². The number of hydrogen-bond donors (Lipinski definition) is 1. The van der Waals surface area contributed by atoms with Gasteiger partial charge in [0.25, 0.3) is 0 Å². The van der Waals surface area contributed by atoms with Gasteiger partial charge < -0.3 is 0 Å². The second-order valence-corrected chi connectivity index (χ2v) is 2.09. The molecular formula is C7H14N2. The van der Waals surface area contributed by atoms with Gasteiger partial charge in [-0.15, -0.1) is 0 Å². The highest BCUT2D eigenvalue weighted by atomic mass is 15.0. The minimum absolute atomic E-state index is 0.196. The van der Waals surface area contributed by atoms with E-state index in [0.29, 0.717) is 0 Å². The smallest absolute Gasteiger partial charge is 0.0963 e. The van der Waals surface area contributed by atoms with E-state index >= 15 is 0 Å². The van der Waals surface area contributed by atoms with Gasteiger partial charge in [-0.1, -0.05) is 6.58 Å². The Hall–Kier alpha value is -0.630. The number of nitrogens with zero attached hydrogens (tertiary/aromatic N) is 1. The topological polar surface area (TPSA) is 24.4 Å². The molecule has 2 nitrogen and oxygen atoms in total. The summed E-state index contributed by atoms with van der Waals surface area (Å²) in [6, 6.07) is 0. The Kier molecular flexibility index (Phi) is 3.97. The van der Waals surface area contributed by atoms with Crippen molar-refractivity contribution in [2.75, 3.05) is 7.05 Å². The first-order valence-electron chi connectivity index (χ1n) is 3.02. The second kappa shape index (κ2) is 4.27. The lowest BCUT2D eigenvalue weighted by atomic mass is 10.4. The number of allylic oxidation sites excluding steroid dienone is 1. The lowest BCUT2D eigenvalue weighted by molar-refractivity contribution is 0.644. The summed E-state index contributed by atoms with van der Waals surface area (Å²) < 4.78 is 0. The number of nitrogens with one attached hydrogen (secondary N) is 1. The van der Waals surface area contributed by atoms with Crippen LogP contribution in [-0.2, 0) is 0 Å². The van der Waals surface area contributed by atoms with E-state index in [1.54, 1.807) is 6.21 Å². The maximum absolute atomic E-state index is 4.11. The first-order chi connectivity index (χ1) is 4.16. The van der Waals surface area contributed by atoms with Crippen LogP contribution in [0.15, 0.2) is 17.1 Å². The molecule has 1 atom stereocenters. The number of rotatable bonds is 3. The minimum atomic E-state index is 0.196. The van der Waals surface area contributed by atoms with E-state index in [0.717, 1.165) is 5.57 Å². The summed E-state index contributed by atoms with van der Waals surface area (Å²) in [4.78, 5) is 4.11. The van der Waals surface area contributed by atoms with Crippen LogP contribution in [0.5, 0.6) is 0 Å². The summed E-state index contributed by atoms with van der Waals surface area (Å²) in [5, 5.41) is 2.98. The van der Waals surface area contributed by atoms with Gasteiger partial charge in [-0.05, 0) is 26.5 Å². The third-order valence-corrected chi connectivity index (χ3v) is 0.936. The Bertz CT molecular complexity index is 116. The molecule has 1 unspecified atom stereocenters.